The average Bonchev–Trinajstić information content (AvgIpc) is 2.84. The molecule has 0 saturated carbocycles. The molecular weight excluding hydrogens is 516 g/mol. The van der Waals surface area contributed by atoms with Crippen molar-refractivity contribution < 1.29 is 34.7 Å². The van der Waals surface area contributed by atoms with Crippen LogP contribution < -0.4 is 0 Å². The van der Waals surface area contributed by atoms with E-state index in [0.29, 0.717) is 0 Å². The molecule has 0 saturated heterocycles. The highest BCUT2D eigenvalue weighted by molar-refractivity contribution is 7.86. The number of hydrogen-bond donors (Lipinski definition) is 0. The van der Waals surface area contributed by atoms with Crippen molar-refractivity contribution in [2.45, 2.75) is 31.3 Å². The molecule has 3 rings (SSSR count). The highest BCUT2D eigenvalue weighted by atomic mass is 32.2. The lowest BCUT2D eigenvalue weighted by Gasteiger charge is -2.37. The van der Waals surface area contributed by atoms with Gasteiger partial charge in [0.25, 0.3) is 20.2 Å². The third-order valence-electron chi connectivity index (χ3n) is 5.46. The first-order valence-electron chi connectivity index (χ1n) is 11.7. The molecule has 8 nitrogen and oxygen atoms in total. The molecule has 2 atom stereocenters. The van der Waals surface area contributed by atoms with Crippen molar-refractivity contribution >= 4 is 20.2 Å². The van der Waals surface area contributed by atoms with Gasteiger partial charge in [-0.2, -0.15) is 16.8 Å². The molecule has 3 aromatic rings. The molecule has 37 heavy (non-hydrogen) atoms. The third kappa shape index (κ3) is 8.74. The van der Waals surface area contributed by atoms with E-state index < -0.39 is 38.2 Å². The van der Waals surface area contributed by atoms with E-state index in [4.69, 9.17) is 17.8 Å². The van der Waals surface area contributed by atoms with E-state index in [2.05, 4.69) is 0 Å². The van der Waals surface area contributed by atoms with E-state index in [-0.39, 0.29) is 19.6 Å². The fourth-order valence-corrected chi connectivity index (χ4v) is 4.98. The van der Waals surface area contributed by atoms with Gasteiger partial charge in [0.1, 0.15) is 5.60 Å². The summed E-state index contributed by atoms with van der Waals surface area (Å²) in [6.07, 6.45) is 0.116. The molecule has 3 aromatic carbocycles. The van der Waals surface area contributed by atoms with Crippen LogP contribution in [0.4, 0.5) is 0 Å². The summed E-state index contributed by atoms with van der Waals surface area (Å²) < 4.78 is 68.6. The molecule has 0 aliphatic heterocycles. The Morgan fingerprint density at radius 1 is 0.703 bits per heavy atom. The van der Waals surface area contributed by atoms with E-state index in [1.807, 2.05) is 91.0 Å². The average molecular weight is 549 g/mol. The first-order valence-corrected chi connectivity index (χ1v) is 15.3. The van der Waals surface area contributed by atoms with Gasteiger partial charge in [-0.05, 0) is 23.6 Å². The molecule has 0 heterocycles. The molecule has 0 fully saturated rings. The molecule has 2 unspecified atom stereocenters. The van der Waals surface area contributed by atoms with Crippen LogP contribution in [0.3, 0.4) is 0 Å². The minimum atomic E-state index is -3.78. The number of ether oxygens (including phenoxy) is 2. The first kappa shape index (κ1) is 29.0. The summed E-state index contributed by atoms with van der Waals surface area (Å²) in [4.78, 5) is 0. The molecule has 10 heteroatoms. The second-order valence-corrected chi connectivity index (χ2v) is 11.8. The smallest absolute Gasteiger partial charge is 0.266 e. The van der Waals surface area contributed by atoms with Crippen LogP contribution in [-0.2, 0) is 43.7 Å². The minimum Gasteiger partial charge on any atom is -0.358 e. The van der Waals surface area contributed by atoms with Crippen molar-refractivity contribution in [1.29, 1.82) is 0 Å². The summed E-state index contributed by atoms with van der Waals surface area (Å²) >= 11 is 0. The molecule has 0 amide bonds. The van der Waals surface area contributed by atoms with Gasteiger partial charge in [-0.15, -0.1) is 0 Å². The highest BCUT2D eigenvalue weighted by Crippen LogP contribution is 2.40. The second-order valence-electron chi connectivity index (χ2n) is 8.53. The van der Waals surface area contributed by atoms with Crippen LogP contribution in [-0.4, -0.2) is 55.0 Å². The largest absolute Gasteiger partial charge is 0.358 e. The lowest BCUT2D eigenvalue weighted by atomic mass is 9.80. The van der Waals surface area contributed by atoms with E-state index >= 15 is 0 Å². The van der Waals surface area contributed by atoms with Gasteiger partial charge in [0.2, 0.25) is 0 Å². The Kier molecular flexibility index (Phi) is 10.00. The maximum atomic E-state index is 11.6. The molecule has 0 spiro atoms. The molecule has 0 aliphatic rings. The zero-order valence-electron chi connectivity index (χ0n) is 21.0. The summed E-state index contributed by atoms with van der Waals surface area (Å²) in [5.74, 6) is 0. The molecule has 200 valence electrons. The number of benzene rings is 3. The predicted octanol–water partition coefficient (Wildman–Crippen LogP) is 4.07. The summed E-state index contributed by atoms with van der Waals surface area (Å²) in [5, 5.41) is 0. The Morgan fingerprint density at radius 2 is 1.14 bits per heavy atom. The molecule has 0 aromatic heterocycles. The Balaban J connectivity index is 2.00. The van der Waals surface area contributed by atoms with Crippen LogP contribution in [0.2, 0.25) is 0 Å². The summed E-state index contributed by atoms with van der Waals surface area (Å²) in [5.41, 5.74) is 1.58. The Labute approximate surface area is 219 Å². The summed E-state index contributed by atoms with van der Waals surface area (Å²) in [6, 6.07) is 29.1. The van der Waals surface area contributed by atoms with Crippen molar-refractivity contribution in [2.24, 2.45) is 0 Å². The topological polar surface area (TPSA) is 105 Å². The van der Waals surface area contributed by atoms with Crippen LogP contribution in [0, 0.1) is 0 Å². The van der Waals surface area contributed by atoms with Gasteiger partial charge in [-0.25, -0.2) is 4.18 Å². The molecule has 0 bridgehead atoms. The van der Waals surface area contributed by atoms with Crippen LogP contribution in [0.1, 0.15) is 30.0 Å². The van der Waals surface area contributed by atoms with Crippen molar-refractivity contribution in [1.82, 2.24) is 0 Å². The van der Waals surface area contributed by atoms with Crippen LogP contribution in [0.5, 0.6) is 0 Å². The first-order chi connectivity index (χ1) is 17.5. The maximum absolute atomic E-state index is 11.6. The molecule has 0 aliphatic carbocycles. The number of rotatable bonds is 14. The van der Waals surface area contributed by atoms with E-state index in [1.165, 1.54) is 6.92 Å². The van der Waals surface area contributed by atoms with Gasteiger partial charge in [0, 0.05) is 6.42 Å². The van der Waals surface area contributed by atoms with E-state index in [0.717, 1.165) is 29.2 Å². The van der Waals surface area contributed by atoms with Crippen LogP contribution in [0.25, 0.3) is 0 Å². The minimum absolute atomic E-state index is 0.0245. The van der Waals surface area contributed by atoms with Gasteiger partial charge in [0.05, 0.1) is 31.8 Å². The standard InChI is InChI=1S/C27H32O8S2/c1-22(35-37(3,30)31)34-26(19-20-33-36(2,28)29)21-32-27(23-13-7-4-8-14-23,24-15-9-5-10-16-24)25-17-11-6-12-18-25/h4-18,22,26H,19-21H2,1-3H3. The summed E-state index contributed by atoms with van der Waals surface area (Å²) in [7, 11) is -7.45. The lowest BCUT2D eigenvalue weighted by Crippen LogP contribution is -2.38. The molecule has 0 N–H and O–H groups in total. The van der Waals surface area contributed by atoms with Gasteiger partial charge in [-0.1, -0.05) is 91.0 Å². The molecular formula is C27H32O8S2. The lowest BCUT2D eigenvalue weighted by molar-refractivity contribution is -0.143. The van der Waals surface area contributed by atoms with Gasteiger partial charge in [-0.3, -0.25) is 4.18 Å². The molecule has 0 radical (unpaired) electrons. The van der Waals surface area contributed by atoms with E-state index in [9.17, 15) is 16.8 Å². The fourth-order valence-electron chi connectivity index (χ4n) is 4.05. The quantitative estimate of drug-likeness (QED) is 0.169. The Hall–Kier alpha value is -2.60. The SMILES string of the molecule is CC(OC(CCOS(C)(=O)=O)COC(c1ccccc1)(c1ccccc1)c1ccccc1)OS(C)(=O)=O. The van der Waals surface area contributed by atoms with Crippen LogP contribution >= 0.6 is 0 Å². The zero-order valence-corrected chi connectivity index (χ0v) is 22.7. The van der Waals surface area contributed by atoms with Crippen molar-refractivity contribution in [3.63, 3.8) is 0 Å². The Morgan fingerprint density at radius 3 is 1.51 bits per heavy atom. The van der Waals surface area contributed by atoms with Crippen LogP contribution in [0.15, 0.2) is 91.0 Å². The zero-order chi connectivity index (χ0) is 26.9. The number of hydrogen-bond acceptors (Lipinski definition) is 8. The van der Waals surface area contributed by atoms with E-state index in [1.54, 1.807) is 0 Å². The monoisotopic (exact) mass is 548 g/mol. The normalized spacial score (nSPS) is 14.2. The van der Waals surface area contributed by atoms with Crippen molar-refractivity contribution in [3.05, 3.63) is 108 Å². The second kappa shape index (κ2) is 12.8. The van der Waals surface area contributed by atoms with Gasteiger partial charge in [0.15, 0.2) is 6.29 Å². The van der Waals surface area contributed by atoms with Crippen molar-refractivity contribution in [3.8, 4) is 0 Å². The van der Waals surface area contributed by atoms with Gasteiger partial charge < -0.3 is 9.47 Å². The summed E-state index contributed by atoms with van der Waals surface area (Å²) in [6.45, 7) is 1.25. The maximum Gasteiger partial charge on any atom is 0.266 e. The fraction of sp³-hybridized carbons (Fsp3) is 0.333. The van der Waals surface area contributed by atoms with Gasteiger partial charge >= 0.3 is 0 Å². The highest BCUT2D eigenvalue weighted by Gasteiger charge is 2.38. The predicted molar refractivity (Wildman–Crippen MR) is 141 cm³/mol. The Bertz CT molecular complexity index is 1220. The third-order valence-corrected chi connectivity index (χ3v) is 6.67. The van der Waals surface area contributed by atoms with Crippen molar-refractivity contribution in [2.75, 3.05) is 25.7 Å².